The van der Waals surface area contributed by atoms with E-state index in [1.165, 1.54) is 23.9 Å². The third kappa shape index (κ3) is 5.82. The molecule has 0 radical (unpaired) electrons. The second-order valence-electron chi connectivity index (χ2n) is 5.59. The Kier molecular flexibility index (Phi) is 8.25. The molecular formula is C20H19Cl2FN4OS. The number of nitrogens with zero attached hydrogens (tertiary/aromatic N) is 2. The molecule has 1 aromatic heterocycles. The number of aromatic nitrogens is 2. The minimum Gasteiger partial charge on any atom is -0.399 e. The van der Waals surface area contributed by atoms with Crippen LogP contribution in [-0.4, -0.2) is 16.1 Å². The second kappa shape index (κ2) is 10.4. The zero-order valence-electron chi connectivity index (χ0n) is 15.7. The summed E-state index contributed by atoms with van der Waals surface area (Å²) in [5, 5.41) is 9.32. The number of primary amides is 1. The minimum absolute atomic E-state index is 0.273. The first kappa shape index (κ1) is 22.9. The van der Waals surface area contributed by atoms with Gasteiger partial charge >= 0.3 is 0 Å². The molecule has 9 heteroatoms. The van der Waals surface area contributed by atoms with Crippen LogP contribution >= 0.6 is 35.0 Å². The van der Waals surface area contributed by atoms with E-state index in [0.717, 1.165) is 0 Å². The van der Waals surface area contributed by atoms with E-state index in [1.54, 1.807) is 36.4 Å². The van der Waals surface area contributed by atoms with Crippen LogP contribution in [0, 0.1) is 5.82 Å². The summed E-state index contributed by atoms with van der Waals surface area (Å²) >= 11 is 13.4. The van der Waals surface area contributed by atoms with Crippen molar-refractivity contribution < 1.29 is 9.18 Å². The number of amides is 1. The highest BCUT2D eigenvalue weighted by Gasteiger charge is 2.24. The Morgan fingerprint density at radius 3 is 2.31 bits per heavy atom. The molecule has 0 bridgehead atoms. The Hall–Kier alpha value is -2.35. The van der Waals surface area contributed by atoms with Gasteiger partial charge in [0.2, 0.25) is 5.91 Å². The monoisotopic (exact) mass is 452 g/mol. The van der Waals surface area contributed by atoms with E-state index in [-0.39, 0.29) is 5.02 Å². The predicted octanol–water partition coefficient (Wildman–Crippen LogP) is 5.30. The fraction of sp³-hybridized carbons (Fsp3) is 0.150. The summed E-state index contributed by atoms with van der Waals surface area (Å²) in [6, 6.07) is 12.2. The summed E-state index contributed by atoms with van der Waals surface area (Å²) in [6.45, 7) is 4.00. The van der Waals surface area contributed by atoms with Crippen LogP contribution in [0.4, 0.5) is 10.1 Å². The zero-order chi connectivity index (χ0) is 21.6. The smallest absolute Gasteiger partial charge is 0.231 e. The first-order valence-corrected chi connectivity index (χ1v) is 10.2. The van der Waals surface area contributed by atoms with Crippen LogP contribution in [0.1, 0.15) is 31.0 Å². The molecule has 3 rings (SSSR count). The minimum atomic E-state index is -0.862. The van der Waals surface area contributed by atoms with Crippen molar-refractivity contribution in [2.45, 2.75) is 29.7 Å². The molecule has 0 aliphatic carbocycles. The fourth-order valence-corrected chi connectivity index (χ4v) is 3.76. The lowest BCUT2D eigenvalue weighted by Crippen LogP contribution is -2.24. The van der Waals surface area contributed by atoms with Gasteiger partial charge in [-0.1, -0.05) is 54.9 Å². The quantitative estimate of drug-likeness (QED) is 0.512. The van der Waals surface area contributed by atoms with Crippen LogP contribution in [0.3, 0.4) is 0 Å². The van der Waals surface area contributed by atoms with Gasteiger partial charge in [0.05, 0.1) is 10.7 Å². The molecule has 4 N–H and O–H groups in total. The third-order valence-electron chi connectivity index (χ3n) is 3.68. The number of anilines is 1. The third-order valence-corrected chi connectivity index (χ3v) is 5.44. The van der Waals surface area contributed by atoms with E-state index in [4.69, 9.17) is 34.7 Å². The molecule has 1 unspecified atom stereocenters. The van der Waals surface area contributed by atoms with E-state index in [9.17, 15) is 9.18 Å². The Balaban J connectivity index is 0.00000145. The molecule has 152 valence electrons. The lowest BCUT2D eigenvalue weighted by Gasteiger charge is -2.15. The summed E-state index contributed by atoms with van der Waals surface area (Å²) in [5.41, 5.74) is 12.6. The van der Waals surface area contributed by atoms with Crippen LogP contribution in [0.5, 0.6) is 0 Å². The summed E-state index contributed by atoms with van der Waals surface area (Å²) in [7, 11) is 0. The van der Waals surface area contributed by atoms with Gasteiger partial charge in [-0.05, 0) is 48.0 Å². The van der Waals surface area contributed by atoms with Crippen molar-refractivity contribution in [1.82, 2.24) is 10.2 Å². The first-order chi connectivity index (χ1) is 13.8. The summed E-state index contributed by atoms with van der Waals surface area (Å²) < 4.78 is 13.1. The molecule has 1 heterocycles. The summed E-state index contributed by atoms with van der Waals surface area (Å²) in [4.78, 5) is 12.6. The van der Waals surface area contributed by atoms with Gasteiger partial charge in [-0.2, -0.15) is 5.10 Å². The van der Waals surface area contributed by atoms with Crippen LogP contribution in [0.25, 0.3) is 0 Å². The van der Waals surface area contributed by atoms with Gasteiger partial charge in [0.1, 0.15) is 16.8 Å². The molecule has 2 aromatic carbocycles. The average molecular weight is 453 g/mol. The lowest BCUT2D eigenvalue weighted by molar-refractivity contribution is -0.118. The van der Waals surface area contributed by atoms with E-state index in [2.05, 4.69) is 10.2 Å². The molecule has 0 aliphatic heterocycles. The van der Waals surface area contributed by atoms with E-state index in [0.29, 0.717) is 31.9 Å². The van der Waals surface area contributed by atoms with Crippen molar-refractivity contribution >= 4 is 46.6 Å². The standard InChI is InChI=1S/C18H13Cl2FN4OS.C2H6/c19-12-8-10(22)2-3-11(12)17(18(23)26)14-4-6-16(25-24-14)27-15-5-1-9(21)7-13(15)20;1-2/h1-8,17H,22H2,(H2,23,26);1-2H3. The first-order valence-electron chi connectivity index (χ1n) is 8.66. The molecule has 1 atom stereocenters. The lowest BCUT2D eigenvalue weighted by atomic mass is 9.94. The average Bonchev–Trinajstić information content (AvgIpc) is 2.68. The molecular weight excluding hydrogens is 434 g/mol. The van der Waals surface area contributed by atoms with Crippen molar-refractivity contribution in [3.63, 3.8) is 0 Å². The van der Waals surface area contributed by atoms with Crippen molar-refractivity contribution in [2.75, 3.05) is 5.73 Å². The number of rotatable bonds is 5. The molecule has 0 saturated heterocycles. The number of nitrogen functional groups attached to an aromatic ring is 1. The fourth-order valence-electron chi connectivity index (χ4n) is 2.45. The van der Waals surface area contributed by atoms with Gasteiger partial charge in [-0.3, -0.25) is 4.79 Å². The number of halogens is 3. The maximum atomic E-state index is 13.1. The van der Waals surface area contributed by atoms with E-state index < -0.39 is 17.6 Å². The Labute approximate surface area is 182 Å². The summed E-state index contributed by atoms with van der Waals surface area (Å²) in [6.07, 6.45) is 0. The molecule has 29 heavy (non-hydrogen) atoms. The second-order valence-corrected chi connectivity index (χ2v) is 7.47. The molecule has 0 aliphatic rings. The number of carbonyl (C=O) groups excluding carboxylic acids is 1. The van der Waals surface area contributed by atoms with Crippen molar-refractivity contribution in [3.05, 3.63) is 75.7 Å². The maximum Gasteiger partial charge on any atom is 0.231 e. The van der Waals surface area contributed by atoms with Crippen LogP contribution in [0.2, 0.25) is 10.0 Å². The molecule has 0 fully saturated rings. The highest BCUT2D eigenvalue weighted by Crippen LogP contribution is 2.34. The van der Waals surface area contributed by atoms with Crippen molar-refractivity contribution in [1.29, 1.82) is 0 Å². The molecule has 0 spiro atoms. The number of carbonyl (C=O) groups is 1. The van der Waals surface area contributed by atoms with Crippen molar-refractivity contribution in [2.24, 2.45) is 5.73 Å². The molecule has 0 saturated carbocycles. The molecule has 3 aromatic rings. The number of nitrogens with two attached hydrogens (primary N) is 2. The predicted molar refractivity (Wildman–Crippen MR) is 116 cm³/mol. The topological polar surface area (TPSA) is 94.9 Å². The van der Waals surface area contributed by atoms with Crippen LogP contribution < -0.4 is 11.5 Å². The largest absolute Gasteiger partial charge is 0.399 e. The zero-order valence-corrected chi connectivity index (χ0v) is 18.0. The van der Waals surface area contributed by atoms with E-state index >= 15 is 0 Å². The molecule has 1 amide bonds. The number of hydrogen-bond acceptors (Lipinski definition) is 5. The van der Waals surface area contributed by atoms with Gasteiger partial charge in [0, 0.05) is 15.6 Å². The van der Waals surface area contributed by atoms with Gasteiger partial charge in [-0.15, -0.1) is 5.10 Å². The number of hydrogen-bond donors (Lipinski definition) is 2. The van der Waals surface area contributed by atoms with Crippen molar-refractivity contribution in [3.8, 4) is 0 Å². The van der Waals surface area contributed by atoms with Crippen LogP contribution in [-0.2, 0) is 4.79 Å². The van der Waals surface area contributed by atoms with Gasteiger partial charge in [0.25, 0.3) is 0 Å². The highest BCUT2D eigenvalue weighted by atomic mass is 35.5. The normalized spacial score (nSPS) is 11.3. The van der Waals surface area contributed by atoms with Gasteiger partial charge in [-0.25, -0.2) is 4.39 Å². The SMILES string of the molecule is CC.NC(=O)C(c1ccc(Sc2ccc(F)cc2Cl)nn1)c1ccc(N)cc1Cl. The Morgan fingerprint density at radius 2 is 1.76 bits per heavy atom. The Bertz CT molecular complexity index is 1000. The highest BCUT2D eigenvalue weighted by molar-refractivity contribution is 7.99. The number of benzene rings is 2. The van der Waals surface area contributed by atoms with Gasteiger partial charge in [0.15, 0.2) is 0 Å². The van der Waals surface area contributed by atoms with E-state index in [1.807, 2.05) is 13.8 Å². The molecule has 5 nitrogen and oxygen atoms in total. The summed E-state index contributed by atoms with van der Waals surface area (Å²) in [5.74, 6) is -1.90. The maximum absolute atomic E-state index is 13.1. The van der Waals surface area contributed by atoms with Crippen LogP contribution in [0.15, 0.2) is 58.5 Å². The van der Waals surface area contributed by atoms with Gasteiger partial charge < -0.3 is 11.5 Å². The Morgan fingerprint density at radius 1 is 1.03 bits per heavy atom.